The molecule has 0 atom stereocenters. The summed E-state index contributed by atoms with van der Waals surface area (Å²) >= 11 is 0. The molecule has 0 saturated carbocycles. The molecular weight excluding hydrogens is 190 g/mol. The molecule has 1 aliphatic rings. The van der Waals surface area contributed by atoms with Gasteiger partial charge in [0.2, 0.25) is 0 Å². The van der Waals surface area contributed by atoms with E-state index < -0.39 is 10.2 Å². The molecule has 1 rings (SSSR count). The van der Waals surface area contributed by atoms with E-state index in [9.17, 15) is 8.42 Å². The molecule has 5 nitrogen and oxygen atoms in total. The van der Waals surface area contributed by atoms with Gasteiger partial charge < -0.3 is 5.73 Å². The van der Waals surface area contributed by atoms with E-state index in [0.29, 0.717) is 26.2 Å². The lowest BCUT2D eigenvalue weighted by Crippen LogP contribution is -2.31. The Morgan fingerprint density at radius 3 is 2.46 bits per heavy atom. The lowest BCUT2D eigenvalue weighted by Gasteiger charge is -2.14. The zero-order valence-electron chi connectivity index (χ0n) is 7.94. The van der Waals surface area contributed by atoms with Crippen LogP contribution in [0.5, 0.6) is 0 Å². The maximum Gasteiger partial charge on any atom is 0.281 e. The second-order valence-corrected chi connectivity index (χ2v) is 5.26. The van der Waals surface area contributed by atoms with Crippen LogP contribution in [0.4, 0.5) is 0 Å². The smallest absolute Gasteiger partial charge is 0.281 e. The van der Waals surface area contributed by atoms with E-state index in [1.165, 1.54) is 8.61 Å². The quantitative estimate of drug-likeness (QED) is 0.615. The summed E-state index contributed by atoms with van der Waals surface area (Å²) < 4.78 is 25.9. The van der Waals surface area contributed by atoms with Crippen molar-refractivity contribution in [2.75, 3.05) is 33.2 Å². The average Bonchev–Trinajstić information content (AvgIpc) is 2.32. The van der Waals surface area contributed by atoms with Crippen molar-refractivity contribution in [3.63, 3.8) is 0 Å². The number of rotatable bonds is 4. The third-order valence-corrected chi connectivity index (χ3v) is 4.23. The molecule has 0 spiro atoms. The third-order valence-electron chi connectivity index (χ3n) is 2.25. The summed E-state index contributed by atoms with van der Waals surface area (Å²) in [5, 5.41) is 0. The van der Waals surface area contributed by atoms with Crippen LogP contribution in [-0.4, -0.2) is 50.3 Å². The van der Waals surface area contributed by atoms with Crippen molar-refractivity contribution >= 4 is 10.2 Å². The summed E-state index contributed by atoms with van der Waals surface area (Å²) in [4.78, 5) is 0. The fourth-order valence-electron chi connectivity index (χ4n) is 1.34. The summed E-state index contributed by atoms with van der Waals surface area (Å²) in [6, 6.07) is 0. The number of nitrogens with two attached hydrogens (primary N) is 1. The minimum atomic E-state index is -3.12. The lowest BCUT2D eigenvalue weighted by molar-refractivity contribution is 0.436. The predicted octanol–water partition coefficient (Wildman–Crippen LogP) is -0.782. The van der Waals surface area contributed by atoms with Crippen LogP contribution in [0.3, 0.4) is 0 Å². The summed E-state index contributed by atoms with van der Waals surface area (Å²) in [6.45, 7) is 2.45. The van der Waals surface area contributed by atoms with Crippen molar-refractivity contribution < 1.29 is 8.42 Å². The van der Waals surface area contributed by atoms with Gasteiger partial charge in [-0.2, -0.15) is 17.0 Å². The van der Waals surface area contributed by atoms with Gasteiger partial charge in [0, 0.05) is 26.7 Å². The highest BCUT2D eigenvalue weighted by Crippen LogP contribution is 2.14. The fourth-order valence-corrected chi connectivity index (χ4v) is 2.72. The fraction of sp³-hybridized carbons (Fsp3) is 1.00. The van der Waals surface area contributed by atoms with Crippen LogP contribution in [0.25, 0.3) is 0 Å². The van der Waals surface area contributed by atoms with Crippen LogP contribution in [0.2, 0.25) is 0 Å². The minimum absolute atomic E-state index is 0.601. The Hall–Kier alpha value is -0.170. The van der Waals surface area contributed by atoms with Crippen LogP contribution in [0, 0.1) is 0 Å². The molecule has 78 valence electrons. The Balaban J connectivity index is 2.44. The van der Waals surface area contributed by atoms with Gasteiger partial charge in [-0.05, 0) is 19.4 Å². The molecule has 0 aliphatic carbocycles. The molecule has 1 aliphatic heterocycles. The maximum atomic E-state index is 11.5. The first-order valence-corrected chi connectivity index (χ1v) is 5.90. The molecule has 0 aromatic carbocycles. The van der Waals surface area contributed by atoms with E-state index in [0.717, 1.165) is 12.8 Å². The van der Waals surface area contributed by atoms with E-state index in [-0.39, 0.29) is 0 Å². The van der Waals surface area contributed by atoms with Gasteiger partial charge >= 0.3 is 0 Å². The highest BCUT2D eigenvalue weighted by atomic mass is 32.2. The molecule has 0 radical (unpaired) electrons. The van der Waals surface area contributed by atoms with Crippen LogP contribution < -0.4 is 5.73 Å². The second kappa shape index (κ2) is 4.36. The highest BCUT2D eigenvalue weighted by Gasteiger charge is 2.32. The van der Waals surface area contributed by atoms with Crippen LogP contribution in [0.15, 0.2) is 0 Å². The van der Waals surface area contributed by atoms with Gasteiger partial charge in [-0.3, -0.25) is 0 Å². The van der Waals surface area contributed by atoms with E-state index in [1.54, 1.807) is 7.05 Å². The highest BCUT2D eigenvalue weighted by molar-refractivity contribution is 7.87. The third kappa shape index (κ3) is 2.40. The molecular formula is C7H17N3O2S. The van der Waals surface area contributed by atoms with Crippen LogP contribution >= 0.6 is 0 Å². The SMILES string of the molecule is CN1CCN(CCCCN)S1(=O)=O. The molecule has 0 aromatic heterocycles. The first-order chi connectivity index (χ1) is 6.09. The largest absolute Gasteiger partial charge is 0.330 e. The predicted molar refractivity (Wildman–Crippen MR) is 51.4 cm³/mol. The molecule has 0 aromatic rings. The number of unbranched alkanes of at least 4 members (excludes halogenated alkanes) is 1. The summed E-state index contributed by atoms with van der Waals surface area (Å²) in [5.41, 5.74) is 5.33. The Morgan fingerprint density at radius 2 is 2.00 bits per heavy atom. The van der Waals surface area contributed by atoms with Gasteiger partial charge in [0.15, 0.2) is 0 Å². The molecule has 1 saturated heterocycles. The normalized spacial score (nSPS) is 23.8. The zero-order chi connectivity index (χ0) is 9.90. The lowest BCUT2D eigenvalue weighted by atomic mass is 10.3. The van der Waals surface area contributed by atoms with E-state index in [4.69, 9.17) is 5.73 Å². The Bertz CT molecular complexity index is 252. The topological polar surface area (TPSA) is 66.6 Å². The summed E-state index contributed by atoms with van der Waals surface area (Å²) in [6.07, 6.45) is 1.74. The molecule has 1 fully saturated rings. The van der Waals surface area contributed by atoms with E-state index in [2.05, 4.69) is 0 Å². The molecule has 6 heteroatoms. The van der Waals surface area contributed by atoms with Gasteiger partial charge in [-0.25, -0.2) is 0 Å². The number of hydrogen-bond donors (Lipinski definition) is 1. The van der Waals surface area contributed by atoms with Gasteiger partial charge in [0.05, 0.1) is 0 Å². The van der Waals surface area contributed by atoms with Gasteiger partial charge in [0.1, 0.15) is 0 Å². The number of hydrogen-bond acceptors (Lipinski definition) is 3. The number of nitrogens with zero attached hydrogens (tertiary/aromatic N) is 2. The average molecular weight is 207 g/mol. The Morgan fingerprint density at radius 1 is 1.31 bits per heavy atom. The van der Waals surface area contributed by atoms with E-state index >= 15 is 0 Å². The van der Waals surface area contributed by atoms with Crippen molar-refractivity contribution in [3.8, 4) is 0 Å². The first kappa shape index (κ1) is 10.9. The Kier molecular flexibility index (Phi) is 3.66. The molecule has 13 heavy (non-hydrogen) atoms. The van der Waals surface area contributed by atoms with Gasteiger partial charge in [0.25, 0.3) is 10.2 Å². The van der Waals surface area contributed by atoms with Gasteiger partial charge in [-0.15, -0.1) is 0 Å². The van der Waals surface area contributed by atoms with Crippen LogP contribution in [0.1, 0.15) is 12.8 Å². The molecule has 2 N–H and O–H groups in total. The van der Waals surface area contributed by atoms with Crippen LogP contribution in [-0.2, 0) is 10.2 Å². The van der Waals surface area contributed by atoms with Crippen molar-refractivity contribution in [2.24, 2.45) is 5.73 Å². The monoisotopic (exact) mass is 207 g/mol. The van der Waals surface area contributed by atoms with Crippen molar-refractivity contribution in [1.82, 2.24) is 8.61 Å². The zero-order valence-corrected chi connectivity index (χ0v) is 8.76. The summed E-state index contributed by atoms with van der Waals surface area (Å²) in [5.74, 6) is 0. The van der Waals surface area contributed by atoms with Crippen molar-refractivity contribution in [2.45, 2.75) is 12.8 Å². The minimum Gasteiger partial charge on any atom is -0.330 e. The van der Waals surface area contributed by atoms with E-state index in [1.807, 2.05) is 0 Å². The second-order valence-electron chi connectivity index (χ2n) is 3.22. The number of likely N-dealkylation sites (N-methyl/N-ethyl adjacent to an activating group) is 1. The van der Waals surface area contributed by atoms with Gasteiger partial charge in [-0.1, -0.05) is 0 Å². The molecule has 0 unspecified atom stereocenters. The first-order valence-electron chi connectivity index (χ1n) is 4.50. The standard InChI is InChI=1S/C7H17N3O2S/c1-9-6-7-10(13(9,11)12)5-3-2-4-8/h2-8H2,1H3. The molecule has 1 heterocycles. The molecule has 0 amide bonds. The summed E-state index contributed by atoms with van der Waals surface area (Å²) in [7, 11) is -1.51. The Labute approximate surface area is 79.7 Å². The molecule has 0 bridgehead atoms. The van der Waals surface area contributed by atoms with Crippen molar-refractivity contribution in [3.05, 3.63) is 0 Å². The van der Waals surface area contributed by atoms with Crippen molar-refractivity contribution in [1.29, 1.82) is 0 Å². The maximum absolute atomic E-state index is 11.5.